The van der Waals surface area contributed by atoms with E-state index in [0.717, 1.165) is 83.5 Å². The number of phosphoric acid groups is 1. The van der Waals surface area contributed by atoms with Gasteiger partial charge in [-0.25, -0.2) is 4.57 Å². The van der Waals surface area contributed by atoms with Gasteiger partial charge in [0, 0.05) is 19.6 Å². The minimum absolute atomic E-state index is 0.0800. The van der Waals surface area contributed by atoms with Crippen molar-refractivity contribution in [3.05, 3.63) is 97.2 Å². The zero-order valence-electron chi connectivity index (χ0n) is 39.6. The van der Waals surface area contributed by atoms with Crippen molar-refractivity contribution in [3.63, 3.8) is 0 Å². The van der Waals surface area contributed by atoms with Crippen LogP contribution in [-0.4, -0.2) is 49.9 Å². The maximum atomic E-state index is 12.6. The lowest BCUT2D eigenvalue weighted by atomic mass is 10.1. The van der Waals surface area contributed by atoms with Crippen LogP contribution >= 0.6 is 7.82 Å². The third kappa shape index (κ3) is 48.5. The highest BCUT2D eigenvalue weighted by molar-refractivity contribution is 7.47. The van der Waals surface area contributed by atoms with Crippen LogP contribution < -0.4 is 5.73 Å². The topological polar surface area (TPSA) is 117 Å². The van der Waals surface area contributed by atoms with Crippen LogP contribution in [-0.2, 0) is 27.9 Å². The molecule has 0 fully saturated rings. The monoisotopic (exact) mass is 886 g/mol. The molecular weight excluding hydrogens is 794 g/mol. The number of rotatable bonds is 46. The fourth-order valence-corrected chi connectivity index (χ4v) is 7.15. The number of hydrogen-bond donors (Lipinski definition) is 2. The Hall–Kier alpha value is -2.58. The zero-order chi connectivity index (χ0) is 45.1. The summed E-state index contributed by atoms with van der Waals surface area (Å²) in [5.74, 6) is -0.351. The third-order valence-corrected chi connectivity index (χ3v) is 11.0. The van der Waals surface area contributed by atoms with Gasteiger partial charge < -0.3 is 20.1 Å². The molecule has 0 saturated carbocycles. The largest absolute Gasteiger partial charge is 0.472 e. The Bertz CT molecular complexity index is 1270. The van der Waals surface area contributed by atoms with Crippen molar-refractivity contribution in [1.82, 2.24) is 0 Å². The number of allylic oxidation sites excluding steroid dienone is 16. The molecule has 0 aliphatic heterocycles. The second-order valence-corrected chi connectivity index (χ2v) is 17.4. The molecule has 2 atom stereocenters. The summed E-state index contributed by atoms with van der Waals surface area (Å²) in [6.07, 6.45) is 65.8. The summed E-state index contributed by atoms with van der Waals surface area (Å²) >= 11 is 0. The Morgan fingerprint density at radius 3 is 1.37 bits per heavy atom. The minimum Gasteiger partial charge on any atom is -0.457 e. The minimum atomic E-state index is -4.30. The van der Waals surface area contributed by atoms with E-state index in [1.807, 2.05) is 0 Å². The Balaban J connectivity index is 4.09. The highest BCUT2D eigenvalue weighted by Crippen LogP contribution is 2.43. The van der Waals surface area contributed by atoms with E-state index in [-0.39, 0.29) is 32.3 Å². The van der Waals surface area contributed by atoms with Crippen molar-refractivity contribution >= 4 is 13.8 Å². The molecule has 3 N–H and O–H groups in total. The fraction of sp³-hybridized carbons (Fsp3) is 0.679. The van der Waals surface area contributed by atoms with Crippen LogP contribution in [0.25, 0.3) is 0 Å². The molecule has 0 radical (unpaired) electrons. The lowest BCUT2D eigenvalue weighted by Crippen LogP contribution is -2.28. The molecule has 62 heavy (non-hydrogen) atoms. The van der Waals surface area contributed by atoms with Crippen molar-refractivity contribution in [2.45, 2.75) is 200 Å². The van der Waals surface area contributed by atoms with Crippen molar-refractivity contribution in [2.75, 3.05) is 33.0 Å². The van der Waals surface area contributed by atoms with Gasteiger partial charge in [-0.1, -0.05) is 188 Å². The molecule has 0 saturated heterocycles. The Labute approximate surface area is 380 Å². The highest BCUT2D eigenvalue weighted by Gasteiger charge is 2.25. The summed E-state index contributed by atoms with van der Waals surface area (Å²) in [5, 5.41) is 0. The van der Waals surface area contributed by atoms with Crippen LogP contribution in [0.1, 0.15) is 194 Å². The summed E-state index contributed by atoms with van der Waals surface area (Å²) in [4.78, 5) is 22.6. The van der Waals surface area contributed by atoms with Crippen molar-refractivity contribution in [2.24, 2.45) is 5.73 Å². The first-order valence-corrected chi connectivity index (χ1v) is 26.2. The summed E-state index contributed by atoms with van der Waals surface area (Å²) in [7, 11) is -4.30. The Morgan fingerprint density at radius 1 is 0.500 bits per heavy atom. The van der Waals surface area contributed by atoms with Crippen LogP contribution in [0.4, 0.5) is 0 Å². The van der Waals surface area contributed by atoms with E-state index >= 15 is 0 Å². The fourth-order valence-electron chi connectivity index (χ4n) is 6.38. The first-order chi connectivity index (χ1) is 30.4. The maximum Gasteiger partial charge on any atom is 0.472 e. The average molecular weight is 886 g/mol. The normalized spacial score (nSPS) is 14.2. The van der Waals surface area contributed by atoms with E-state index in [1.165, 1.54) is 89.9 Å². The van der Waals surface area contributed by atoms with Crippen LogP contribution in [0.3, 0.4) is 0 Å². The first kappa shape index (κ1) is 59.4. The summed E-state index contributed by atoms with van der Waals surface area (Å²) in [6, 6.07) is 0. The Kier molecular flexibility index (Phi) is 47.4. The molecular formula is C53H92NO7P. The van der Waals surface area contributed by atoms with E-state index in [2.05, 4.69) is 111 Å². The van der Waals surface area contributed by atoms with Gasteiger partial charge in [0.15, 0.2) is 0 Å². The Morgan fingerprint density at radius 2 is 0.903 bits per heavy atom. The quantitative estimate of drug-likeness (QED) is 0.0269. The smallest absolute Gasteiger partial charge is 0.457 e. The molecule has 356 valence electrons. The maximum absolute atomic E-state index is 12.6. The molecule has 0 heterocycles. The van der Waals surface area contributed by atoms with Crippen LogP contribution in [0, 0.1) is 0 Å². The van der Waals surface area contributed by atoms with Gasteiger partial charge in [0.25, 0.3) is 0 Å². The van der Waals surface area contributed by atoms with Crippen molar-refractivity contribution in [1.29, 1.82) is 0 Å². The second kappa shape index (κ2) is 49.4. The number of hydrogen-bond acceptors (Lipinski definition) is 7. The predicted octanol–water partition coefficient (Wildman–Crippen LogP) is 15.4. The number of carbonyl (C=O) groups excluding carboxylic acids is 1. The number of phosphoric ester groups is 1. The molecule has 8 nitrogen and oxygen atoms in total. The van der Waals surface area contributed by atoms with Crippen LogP contribution in [0.2, 0.25) is 0 Å². The molecule has 0 aromatic heterocycles. The van der Waals surface area contributed by atoms with Gasteiger partial charge >= 0.3 is 13.8 Å². The highest BCUT2D eigenvalue weighted by atomic mass is 31.2. The molecule has 0 aliphatic rings. The van der Waals surface area contributed by atoms with Gasteiger partial charge in [-0.2, -0.15) is 0 Å². The molecule has 2 unspecified atom stereocenters. The van der Waals surface area contributed by atoms with Gasteiger partial charge in [-0.3, -0.25) is 13.8 Å². The lowest BCUT2D eigenvalue weighted by molar-refractivity contribution is -0.154. The summed E-state index contributed by atoms with van der Waals surface area (Å²) in [6.45, 7) is 4.68. The second-order valence-electron chi connectivity index (χ2n) is 15.9. The van der Waals surface area contributed by atoms with Gasteiger partial charge in [0.05, 0.1) is 19.8 Å². The number of carbonyl (C=O) groups is 1. The molecule has 0 bridgehead atoms. The van der Waals surface area contributed by atoms with Gasteiger partial charge in [-0.15, -0.1) is 0 Å². The summed E-state index contributed by atoms with van der Waals surface area (Å²) in [5.41, 5.74) is 5.38. The van der Waals surface area contributed by atoms with Crippen molar-refractivity contribution in [3.8, 4) is 0 Å². The standard InChI is InChI=1S/C53H92NO7P/c1-3-5-7-9-11-13-15-17-19-21-23-24-25-26-27-29-31-33-35-37-39-41-43-45-48-58-50-52(51-60-62(56,57)59-49-47-54)61-53(55)46-44-42-40-38-36-34-32-30-28-22-20-18-16-14-12-10-8-6-4-2/h5,7,11,13,17-20,23-24,26-27,31,33,37,39,52H,3-4,6,8-10,12,14-16,21-22,25,28-30,32,34-36,38,40-51,54H2,1-2H3,(H,56,57)/b7-5-,13-11-,19-17-,20-18-,24-23-,27-26-,33-31-,39-37-. The first-order valence-electron chi connectivity index (χ1n) is 24.7. The number of ether oxygens (including phenoxy) is 2. The number of esters is 1. The molecule has 0 aromatic rings. The van der Waals surface area contributed by atoms with E-state index in [9.17, 15) is 14.3 Å². The molecule has 0 spiro atoms. The average Bonchev–Trinajstić information content (AvgIpc) is 3.26. The number of unbranched alkanes of at least 4 members (excludes halogenated alkanes) is 17. The SMILES string of the molecule is CC/C=C\C/C=C\C/C=C\C/C=C\C/C=C\C/C=C\C/C=C\CCCCOCC(COP(=O)(O)OCCN)OC(=O)CCCCCCCCCCC/C=C\CCCCCCCC. The van der Waals surface area contributed by atoms with Gasteiger partial charge in [0.2, 0.25) is 0 Å². The summed E-state index contributed by atoms with van der Waals surface area (Å²) < 4.78 is 33.5. The molecule has 0 aliphatic carbocycles. The number of nitrogens with two attached hydrogens (primary N) is 1. The van der Waals surface area contributed by atoms with Crippen LogP contribution in [0.5, 0.6) is 0 Å². The third-order valence-electron chi connectivity index (χ3n) is 9.99. The van der Waals surface area contributed by atoms with E-state index in [1.54, 1.807) is 0 Å². The van der Waals surface area contributed by atoms with Crippen LogP contribution in [0.15, 0.2) is 97.2 Å². The van der Waals surface area contributed by atoms with E-state index in [4.69, 9.17) is 24.3 Å². The molecule has 0 rings (SSSR count). The van der Waals surface area contributed by atoms with Crippen molar-refractivity contribution < 1.29 is 32.8 Å². The molecule has 9 heteroatoms. The van der Waals surface area contributed by atoms with Gasteiger partial charge in [-0.05, 0) is 96.3 Å². The predicted molar refractivity (Wildman–Crippen MR) is 265 cm³/mol. The molecule has 0 aromatic carbocycles. The lowest BCUT2D eigenvalue weighted by Gasteiger charge is -2.20. The molecule has 0 amide bonds. The van der Waals surface area contributed by atoms with Gasteiger partial charge in [0.1, 0.15) is 6.10 Å². The zero-order valence-corrected chi connectivity index (χ0v) is 40.5. The van der Waals surface area contributed by atoms with E-state index < -0.39 is 13.9 Å². The van der Waals surface area contributed by atoms with E-state index in [0.29, 0.717) is 13.0 Å².